The number of likely N-dealkylation sites (tertiary alicyclic amines) is 2. The van der Waals surface area contributed by atoms with Gasteiger partial charge >= 0.3 is 0 Å². The van der Waals surface area contributed by atoms with E-state index in [1.54, 1.807) is 0 Å². The van der Waals surface area contributed by atoms with Gasteiger partial charge in [-0.05, 0) is 51.6 Å². The third-order valence-electron chi connectivity index (χ3n) is 6.78. The first-order chi connectivity index (χ1) is 14.1. The summed E-state index contributed by atoms with van der Waals surface area (Å²) in [7, 11) is 1.88. The Morgan fingerprint density at radius 2 is 1.48 bits per heavy atom. The zero-order chi connectivity index (χ0) is 20.6. The molecule has 166 valence electrons. The van der Waals surface area contributed by atoms with Crippen molar-refractivity contribution < 1.29 is 4.79 Å². The molecule has 3 rings (SSSR count). The Kier molecular flexibility index (Phi) is 8.60. The van der Waals surface area contributed by atoms with Gasteiger partial charge in [-0.3, -0.25) is 14.7 Å². The van der Waals surface area contributed by atoms with E-state index in [-0.39, 0.29) is 6.04 Å². The normalized spacial score (nSPS) is 24.6. The molecule has 3 heterocycles. The number of hydrogen-bond donors (Lipinski definition) is 1. The molecule has 0 aromatic rings. The van der Waals surface area contributed by atoms with E-state index in [0.717, 1.165) is 64.6 Å². The van der Waals surface area contributed by atoms with Crippen molar-refractivity contribution in [1.29, 1.82) is 0 Å². The zero-order valence-corrected chi connectivity index (χ0v) is 18.9. The van der Waals surface area contributed by atoms with Gasteiger partial charge in [0.2, 0.25) is 5.91 Å². The minimum atomic E-state index is -0.00482. The molecule has 7 nitrogen and oxygen atoms in total. The second-order valence-corrected chi connectivity index (χ2v) is 9.13. The molecular formula is C22H42N6O. The topological polar surface area (TPSA) is 54.4 Å². The summed E-state index contributed by atoms with van der Waals surface area (Å²) in [5, 5.41) is 3.60. The monoisotopic (exact) mass is 406 g/mol. The van der Waals surface area contributed by atoms with Gasteiger partial charge in [-0.15, -0.1) is 0 Å². The van der Waals surface area contributed by atoms with Crippen molar-refractivity contribution in [2.75, 3.05) is 72.5 Å². The Morgan fingerprint density at radius 1 is 0.862 bits per heavy atom. The van der Waals surface area contributed by atoms with E-state index in [0.29, 0.717) is 11.8 Å². The molecule has 0 bridgehead atoms. The number of rotatable bonds is 6. The fourth-order valence-corrected chi connectivity index (χ4v) is 4.92. The molecule has 2 unspecified atom stereocenters. The number of hydrogen-bond acceptors (Lipinski definition) is 4. The summed E-state index contributed by atoms with van der Waals surface area (Å²) in [5.41, 5.74) is 0. The Hall–Kier alpha value is -1.34. The maximum absolute atomic E-state index is 12.7. The van der Waals surface area contributed by atoms with Gasteiger partial charge in [0.15, 0.2) is 5.96 Å². The molecule has 7 heteroatoms. The van der Waals surface area contributed by atoms with Gasteiger partial charge in [0, 0.05) is 59.4 Å². The van der Waals surface area contributed by atoms with Crippen molar-refractivity contribution in [3.63, 3.8) is 0 Å². The number of aliphatic imine (C=N–C) groups is 1. The van der Waals surface area contributed by atoms with Crippen LogP contribution in [0.15, 0.2) is 4.99 Å². The number of carbonyl (C=O) groups is 1. The largest absolute Gasteiger partial charge is 0.356 e. The van der Waals surface area contributed by atoms with Crippen molar-refractivity contribution in [3.8, 4) is 0 Å². The Morgan fingerprint density at radius 3 is 2.10 bits per heavy atom. The molecule has 3 aliphatic rings. The van der Waals surface area contributed by atoms with Crippen LogP contribution in [0.5, 0.6) is 0 Å². The number of nitrogens with one attached hydrogen (secondary N) is 1. The molecule has 1 amide bonds. The van der Waals surface area contributed by atoms with E-state index in [9.17, 15) is 4.79 Å². The molecule has 0 spiro atoms. The highest BCUT2D eigenvalue weighted by atomic mass is 16.2. The quantitative estimate of drug-likeness (QED) is 0.533. The number of piperazine rings is 1. The number of piperidine rings is 1. The van der Waals surface area contributed by atoms with Gasteiger partial charge in [0.1, 0.15) is 0 Å². The maximum Gasteiger partial charge on any atom is 0.239 e. The first-order valence-electron chi connectivity index (χ1n) is 11.8. The molecule has 0 aliphatic carbocycles. The van der Waals surface area contributed by atoms with Crippen molar-refractivity contribution in [1.82, 2.24) is 24.9 Å². The van der Waals surface area contributed by atoms with Crippen LogP contribution in [0.3, 0.4) is 0 Å². The molecule has 0 radical (unpaired) electrons. The molecule has 3 saturated heterocycles. The van der Waals surface area contributed by atoms with Crippen LogP contribution >= 0.6 is 0 Å². The van der Waals surface area contributed by atoms with Crippen LogP contribution in [0.2, 0.25) is 0 Å². The van der Waals surface area contributed by atoms with E-state index in [2.05, 4.69) is 38.9 Å². The van der Waals surface area contributed by atoms with Crippen LogP contribution in [-0.2, 0) is 4.79 Å². The number of amides is 1. The highest BCUT2D eigenvalue weighted by Gasteiger charge is 2.30. The predicted octanol–water partition coefficient (Wildman–Crippen LogP) is 1.31. The molecule has 3 fully saturated rings. The first-order valence-corrected chi connectivity index (χ1v) is 11.8. The summed E-state index contributed by atoms with van der Waals surface area (Å²) in [6, 6.07) is -0.00482. The van der Waals surface area contributed by atoms with Gasteiger partial charge in [-0.25, -0.2) is 0 Å². The Bertz CT molecular complexity index is 533. The summed E-state index contributed by atoms with van der Waals surface area (Å²) in [6.45, 7) is 14.6. The molecule has 1 N–H and O–H groups in total. The average Bonchev–Trinajstić information content (AvgIpc) is 3.29. The lowest BCUT2D eigenvalue weighted by molar-refractivity contribution is -0.135. The van der Waals surface area contributed by atoms with Crippen molar-refractivity contribution in [2.24, 2.45) is 10.9 Å². The molecule has 2 atom stereocenters. The molecule has 29 heavy (non-hydrogen) atoms. The second kappa shape index (κ2) is 11.2. The second-order valence-electron chi connectivity index (χ2n) is 9.13. The van der Waals surface area contributed by atoms with Crippen molar-refractivity contribution in [2.45, 2.75) is 52.0 Å². The summed E-state index contributed by atoms with van der Waals surface area (Å²) in [6.07, 6.45) is 6.41. The van der Waals surface area contributed by atoms with Gasteiger partial charge in [0.05, 0.1) is 6.04 Å². The summed E-state index contributed by atoms with van der Waals surface area (Å²) in [4.78, 5) is 26.5. The highest BCUT2D eigenvalue weighted by molar-refractivity contribution is 5.82. The van der Waals surface area contributed by atoms with E-state index < -0.39 is 0 Å². The van der Waals surface area contributed by atoms with Crippen molar-refractivity contribution in [3.05, 3.63) is 0 Å². The van der Waals surface area contributed by atoms with E-state index >= 15 is 0 Å². The summed E-state index contributed by atoms with van der Waals surface area (Å²) < 4.78 is 0. The molecule has 0 saturated carbocycles. The lowest BCUT2D eigenvalue weighted by atomic mass is 10.1. The minimum Gasteiger partial charge on any atom is -0.356 e. The average molecular weight is 407 g/mol. The molecular weight excluding hydrogens is 364 g/mol. The standard InChI is InChI=1S/C22H42N6O/c1-19(18-25-9-5-4-6-10-25)17-24-22(23-3)28-15-13-26(14-16-28)20(2)21(29)27-11-7-8-12-27/h19-20H,4-18H2,1-3H3,(H,23,24). The highest BCUT2D eigenvalue weighted by Crippen LogP contribution is 2.14. The third-order valence-corrected chi connectivity index (χ3v) is 6.78. The third kappa shape index (κ3) is 6.32. The first kappa shape index (κ1) is 22.3. The van der Waals surface area contributed by atoms with Crippen molar-refractivity contribution >= 4 is 11.9 Å². The van der Waals surface area contributed by atoms with E-state index in [4.69, 9.17) is 0 Å². The maximum atomic E-state index is 12.7. The minimum absolute atomic E-state index is 0.00482. The molecule has 0 aromatic heterocycles. The number of carbonyl (C=O) groups excluding carboxylic acids is 1. The Balaban J connectivity index is 1.39. The zero-order valence-electron chi connectivity index (χ0n) is 18.9. The van der Waals surface area contributed by atoms with E-state index in [1.165, 1.54) is 38.9 Å². The van der Waals surface area contributed by atoms with Crippen LogP contribution in [0, 0.1) is 5.92 Å². The SMILES string of the molecule is CN=C(NCC(C)CN1CCCCC1)N1CCN(C(C)C(=O)N2CCCC2)CC1. The van der Waals surface area contributed by atoms with Gasteiger partial charge in [0.25, 0.3) is 0 Å². The summed E-state index contributed by atoms with van der Waals surface area (Å²) in [5.74, 6) is 1.93. The van der Waals surface area contributed by atoms with Crippen LogP contribution in [-0.4, -0.2) is 110 Å². The van der Waals surface area contributed by atoms with E-state index in [1.807, 2.05) is 11.9 Å². The lowest BCUT2D eigenvalue weighted by Gasteiger charge is -2.39. The number of nitrogens with zero attached hydrogens (tertiary/aromatic N) is 5. The molecule has 3 aliphatic heterocycles. The fraction of sp³-hybridized carbons (Fsp3) is 0.909. The Labute approximate surface area is 177 Å². The predicted molar refractivity (Wildman–Crippen MR) is 119 cm³/mol. The smallest absolute Gasteiger partial charge is 0.239 e. The van der Waals surface area contributed by atoms with Gasteiger partial charge < -0.3 is 20.0 Å². The van der Waals surface area contributed by atoms with Crippen LogP contribution < -0.4 is 5.32 Å². The van der Waals surface area contributed by atoms with Crippen LogP contribution in [0.25, 0.3) is 0 Å². The number of guanidine groups is 1. The van der Waals surface area contributed by atoms with Gasteiger partial charge in [-0.2, -0.15) is 0 Å². The lowest BCUT2D eigenvalue weighted by Crippen LogP contribution is -2.57. The summed E-state index contributed by atoms with van der Waals surface area (Å²) >= 11 is 0. The van der Waals surface area contributed by atoms with Crippen LogP contribution in [0.1, 0.15) is 46.0 Å². The van der Waals surface area contributed by atoms with Gasteiger partial charge in [-0.1, -0.05) is 13.3 Å². The fourth-order valence-electron chi connectivity index (χ4n) is 4.92. The molecule has 0 aromatic carbocycles. The van der Waals surface area contributed by atoms with Crippen LogP contribution in [0.4, 0.5) is 0 Å².